The Morgan fingerprint density at radius 3 is 0.826 bits per heavy atom. The molecule has 12 nitrogen and oxygen atoms in total. The molecule has 0 saturated carbocycles. The van der Waals surface area contributed by atoms with Gasteiger partial charge in [0.1, 0.15) is 11.4 Å². The van der Waals surface area contributed by atoms with E-state index >= 15 is 0 Å². The topological polar surface area (TPSA) is 107 Å². The minimum Gasteiger partial charge on any atom is -0.438 e. The summed E-state index contributed by atoms with van der Waals surface area (Å²) in [5, 5.41) is 28.0. The number of aromatic nitrogens is 12. The Bertz CT molecular complexity index is 1580. The average Bonchev–Trinajstić information content (AvgIpc) is 3.74. The zero-order valence-corrected chi connectivity index (χ0v) is 30.5. The van der Waals surface area contributed by atoms with Crippen molar-refractivity contribution in [2.75, 3.05) is 0 Å². The number of aryl methyl sites for hydroxylation is 12. The van der Waals surface area contributed by atoms with E-state index in [4.69, 9.17) is 0 Å². The van der Waals surface area contributed by atoms with Crippen molar-refractivity contribution in [2.45, 2.75) is 83.1 Å². The molecule has 0 N–H and O–H groups in total. The molecule has 0 aliphatic rings. The summed E-state index contributed by atoms with van der Waals surface area (Å²) >= 11 is 0. The van der Waals surface area contributed by atoms with Crippen LogP contribution in [0.4, 0.5) is 0 Å². The van der Waals surface area contributed by atoms with Gasteiger partial charge in [-0.2, -0.15) is 20.4 Å². The predicted octanol–water partition coefficient (Wildman–Crippen LogP) is 2.20. The van der Waals surface area contributed by atoms with Crippen LogP contribution in [-0.4, -0.2) is 53.0 Å². The van der Waals surface area contributed by atoms with Crippen molar-refractivity contribution in [1.29, 1.82) is 0 Å². The molecular formula is C30H42B2Cu2N12+2. The van der Waals surface area contributed by atoms with Crippen LogP contribution in [0.25, 0.3) is 0 Å². The molecule has 6 rings (SSSR count). The van der Waals surface area contributed by atoms with Gasteiger partial charge in [0.25, 0.3) is 0 Å². The van der Waals surface area contributed by atoms with Crippen molar-refractivity contribution < 1.29 is 43.3 Å². The van der Waals surface area contributed by atoms with E-state index in [0.29, 0.717) is 0 Å². The van der Waals surface area contributed by atoms with Crippen LogP contribution in [0.3, 0.4) is 0 Å². The Morgan fingerprint density at radius 1 is 0.435 bits per heavy atom. The first-order valence-electron chi connectivity index (χ1n) is 14.9. The molecule has 6 heterocycles. The molecule has 0 atom stereocenters. The quantitative estimate of drug-likeness (QED) is 0.245. The molecule has 0 bridgehead atoms. The summed E-state index contributed by atoms with van der Waals surface area (Å²) in [5.41, 5.74) is 12.5. The van der Waals surface area contributed by atoms with Crippen molar-refractivity contribution in [3.63, 3.8) is 0 Å². The number of nitrogens with zero attached hydrogens (tertiary/aromatic N) is 12. The summed E-state index contributed by atoms with van der Waals surface area (Å²) in [7, 11) is -0.452. The van der Waals surface area contributed by atoms with Gasteiger partial charge in [-0.1, -0.05) is 13.8 Å². The van der Waals surface area contributed by atoms with Gasteiger partial charge in [-0.3, -0.25) is 0 Å². The van der Waals surface area contributed by atoms with Gasteiger partial charge >= 0.3 is 48.4 Å². The summed E-state index contributed by atoms with van der Waals surface area (Å²) in [6.07, 6.45) is 0. The number of rotatable bonds is 6. The summed E-state index contributed by atoms with van der Waals surface area (Å²) < 4.78 is 11.9. The smallest absolute Gasteiger partial charge is 0.438 e. The van der Waals surface area contributed by atoms with Crippen LogP contribution >= 0.6 is 0 Å². The Hall–Kier alpha value is -3.57. The molecule has 0 unspecified atom stereocenters. The molecule has 6 aromatic rings. The van der Waals surface area contributed by atoms with Crippen LogP contribution in [0.1, 0.15) is 68.3 Å². The van der Waals surface area contributed by atoms with Gasteiger partial charge in [-0.05, 0) is 91.8 Å². The third-order valence-corrected chi connectivity index (χ3v) is 7.58. The van der Waals surface area contributed by atoms with Crippen molar-refractivity contribution in [3.8, 4) is 0 Å². The van der Waals surface area contributed by atoms with E-state index in [2.05, 4.69) is 109 Å². The van der Waals surface area contributed by atoms with Gasteiger partial charge in [0.05, 0.1) is 22.8 Å². The van der Waals surface area contributed by atoms with Gasteiger partial charge in [0, 0.05) is 36.6 Å². The molecule has 16 heteroatoms. The van der Waals surface area contributed by atoms with Crippen molar-refractivity contribution in [1.82, 2.24) is 49.0 Å². The predicted molar refractivity (Wildman–Crippen MR) is 170 cm³/mol. The van der Waals surface area contributed by atoms with Gasteiger partial charge in [-0.25, -0.2) is 18.4 Å². The Labute approximate surface area is 293 Å². The summed E-state index contributed by atoms with van der Waals surface area (Å²) in [6, 6.07) is 12.4. The fourth-order valence-electron chi connectivity index (χ4n) is 5.90. The maximum atomic E-state index is 4.66. The molecule has 6 aromatic heterocycles. The van der Waals surface area contributed by atoms with Crippen LogP contribution in [0.5, 0.6) is 0 Å². The maximum absolute atomic E-state index is 4.66. The fraction of sp³-hybridized carbons (Fsp3) is 0.400. The zero-order chi connectivity index (χ0) is 32.0. The van der Waals surface area contributed by atoms with E-state index in [1.54, 1.807) is 0 Å². The SMILES string of the molecule is Cc1cc(C)n(B(n2nc(C)cc2C)[n+]2[n-]c(C)cc2C)n1.Cc1cc(C)n(B(n2nc(C)cc2C)[n+]2[n-]c(C)cc2C)n1.[Cu+].[Cu+]. The number of hydrogen-bond acceptors (Lipinski definition) is 4. The number of hydrogen-bond donors (Lipinski definition) is 0. The Morgan fingerprint density at radius 2 is 0.674 bits per heavy atom. The van der Waals surface area contributed by atoms with Crippen LogP contribution in [0, 0.1) is 83.1 Å². The fourth-order valence-corrected chi connectivity index (χ4v) is 5.90. The molecular weight excluding hydrogens is 677 g/mol. The molecule has 248 valence electrons. The summed E-state index contributed by atoms with van der Waals surface area (Å²) in [5.74, 6) is 0. The molecule has 0 saturated heterocycles. The molecule has 0 fully saturated rings. The van der Waals surface area contributed by atoms with Gasteiger partial charge in [-0.15, -0.1) is 11.4 Å². The van der Waals surface area contributed by atoms with Gasteiger partial charge in [0.15, 0.2) is 0 Å². The standard InChI is InChI=1S/2C15H21BN6.2Cu/c2*1-10-7-13(4)20(17-10)16(21-14(5)8-11(2)18-21)22-15(6)9-12(3)19-22;;/h2*7-9H,1-6H3;;/q;;2*+1. The minimum absolute atomic E-state index is 0. The van der Waals surface area contributed by atoms with E-state index in [-0.39, 0.29) is 48.4 Å². The normalized spacial score (nSPS) is 10.7. The molecule has 0 spiro atoms. The van der Waals surface area contributed by atoms with Gasteiger partial charge in [0.2, 0.25) is 0 Å². The Kier molecular flexibility index (Phi) is 11.6. The average molecular weight is 719 g/mol. The molecule has 0 aliphatic heterocycles. The third-order valence-electron chi connectivity index (χ3n) is 7.58. The molecule has 0 radical (unpaired) electrons. The van der Waals surface area contributed by atoms with Crippen LogP contribution in [-0.2, 0) is 34.1 Å². The van der Waals surface area contributed by atoms with Gasteiger partial charge < -0.3 is 19.4 Å². The first-order chi connectivity index (χ1) is 20.7. The summed E-state index contributed by atoms with van der Waals surface area (Å²) in [4.78, 5) is 0. The van der Waals surface area contributed by atoms with Crippen molar-refractivity contribution >= 4 is 14.2 Å². The molecule has 0 aromatic carbocycles. The maximum Gasteiger partial charge on any atom is 1.00 e. The van der Waals surface area contributed by atoms with E-state index < -0.39 is 0 Å². The monoisotopic (exact) mass is 718 g/mol. The van der Waals surface area contributed by atoms with Crippen molar-refractivity contribution in [3.05, 3.63) is 105 Å². The van der Waals surface area contributed by atoms with Crippen molar-refractivity contribution in [2.24, 2.45) is 0 Å². The van der Waals surface area contributed by atoms with Crippen LogP contribution in [0.15, 0.2) is 36.4 Å². The largest absolute Gasteiger partial charge is 1.00 e. The molecule has 0 aliphatic carbocycles. The summed E-state index contributed by atoms with van der Waals surface area (Å²) in [6.45, 7) is 24.4. The third kappa shape index (κ3) is 7.36. The first kappa shape index (κ1) is 36.9. The second-order valence-electron chi connectivity index (χ2n) is 11.9. The van der Waals surface area contributed by atoms with Crippen LogP contribution < -0.4 is 19.4 Å². The molecule has 46 heavy (non-hydrogen) atoms. The van der Waals surface area contributed by atoms with E-state index in [9.17, 15) is 0 Å². The zero-order valence-electron chi connectivity index (χ0n) is 28.6. The second-order valence-corrected chi connectivity index (χ2v) is 11.9. The van der Waals surface area contributed by atoms with Crippen LogP contribution in [0.2, 0.25) is 0 Å². The molecule has 0 amide bonds. The Balaban J connectivity index is 0.000000240. The van der Waals surface area contributed by atoms with E-state index in [1.165, 1.54) is 0 Å². The first-order valence-corrected chi connectivity index (χ1v) is 14.9. The van der Waals surface area contributed by atoms with E-state index in [0.717, 1.165) is 68.3 Å². The second kappa shape index (κ2) is 14.5. The van der Waals surface area contributed by atoms with E-state index in [1.807, 2.05) is 69.1 Å². The minimum atomic E-state index is -0.226.